The van der Waals surface area contributed by atoms with Gasteiger partial charge in [0.1, 0.15) is 0 Å². The average molecular weight is 367 g/mol. The summed E-state index contributed by atoms with van der Waals surface area (Å²) in [6.07, 6.45) is 1.91. The molecule has 2 aromatic rings. The molecule has 0 radical (unpaired) electrons. The van der Waals surface area contributed by atoms with Crippen molar-refractivity contribution in [3.63, 3.8) is 0 Å². The lowest BCUT2D eigenvalue weighted by molar-refractivity contribution is -0.114. The lowest BCUT2D eigenvalue weighted by Crippen LogP contribution is -2.13. The van der Waals surface area contributed by atoms with Crippen LogP contribution in [0.4, 0.5) is 11.4 Å². The Morgan fingerprint density at radius 3 is 2.33 bits per heavy atom. The normalized spacial score (nSPS) is 11.1. The number of amides is 1. The van der Waals surface area contributed by atoms with E-state index >= 15 is 0 Å². The summed E-state index contributed by atoms with van der Waals surface area (Å²) >= 11 is 6.05. The number of rotatable bonds is 6. The molecule has 1 amide bonds. The van der Waals surface area contributed by atoms with Crippen LogP contribution in [0.5, 0.6) is 0 Å². The zero-order valence-corrected chi connectivity index (χ0v) is 15.0. The molecule has 0 atom stereocenters. The van der Waals surface area contributed by atoms with Gasteiger partial charge in [-0.15, -0.1) is 0 Å². The predicted octanol–water partition coefficient (Wildman–Crippen LogP) is 4.05. The van der Waals surface area contributed by atoms with Crippen molar-refractivity contribution in [1.82, 2.24) is 0 Å². The Morgan fingerprint density at radius 1 is 1.12 bits per heavy atom. The maximum Gasteiger partial charge on any atom is 0.261 e. The van der Waals surface area contributed by atoms with Crippen molar-refractivity contribution in [2.24, 2.45) is 0 Å². The van der Waals surface area contributed by atoms with Gasteiger partial charge in [-0.3, -0.25) is 9.52 Å². The van der Waals surface area contributed by atoms with Crippen LogP contribution in [0.15, 0.2) is 47.4 Å². The first-order valence-corrected chi connectivity index (χ1v) is 9.37. The Hall–Kier alpha value is -2.05. The molecule has 0 saturated heterocycles. The molecule has 24 heavy (non-hydrogen) atoms. The topological polar surface area (TPSA) is 75.3 Å². The van der Waals surface area contributed by atoms with Crippen LogP contribution in [0.2, 0.25) is 5.02 Å². The number of sulfonamides is 1. The van der Waals surface area contributed by atoms with Crippen molar-refractivity contribution < 1.29 is 13.2 Å². The molecule has 0 bridgehead atoms. The van der Waals surface area contributed by atoms with E-state index in [4.69, 9.17) is 11.6 Å². The molecule has 0 aliphatic carbocycles. The van der Waals surface area contributed by atoms with Gasteiger partial charge in [-0.05, 0) is 42.3 Å². The van der Waals surface area contributed by atoms with Crippen molar-refractivity contribution in [3.8, 4) is 0 Å². The minimum atomic E-state index is -3.69. The monoisotopic (exact) mass is 366 g/mol. The smallest absolute Gasteiger partial charge is 0.261 e. The van der Waals surface area contributed by atoms with Crippen LogP contribution in [-0.2, 0) is 21.2 Å². The van der Waals surface area contributed by atoms with Crippen LogP contribution in [0.1, 0.15) is 25.8 Å². The van der Waals surface area contributed by atoms with E-state index in [-0.39, 0.29) is 15.8 Å². The van der Waals surface area contributed by atoms with E-state index in [1.54, 1.807) is 24.3 Å². The molecular formula is C17H19ClN2O3S. The Labute approximate surface area is 147 Å². The zero-order chi connectivity index (χ0) is 17.7. The highest BCUT2D eigenvalue weighted by Crippen LogP contribution is 2.27. The minimum absolute atomic E-state index is 0.185. The largest absolute Gasteiger partial charge is 0.325 e. The van der Waals surface area contributed by atoms with Crippen LogP contribution >= 0.6 is 11.6 Å². The zero-order valence-electron chi connectivity index (χ0n) is 13.5. The van der Waals surface area contributed by atoms with Gasteiger partial charge in [0.15, 0.2) is 0 Å². The fraction of sp³-hybridized carbons (Fsp3) is 0.235. The number of hydrogen-bond acceptors (Lipinski definition) is 3. The lowest BCUT2D eigenvalue weighted by Gasteiger charge is -2.11. The van der Waals surface area contributed by atoms with Crippen molar-refractivity contribution in [2.75, 3.05) is 10.0 Å². The molecule has 2 aromatic carbocycles. The first kappa shape index (κ1) is 18.3. The van der Waals surface area contributed by atoms with Gasteiger partial charge < -0.3 is 5.32 Å². The summed E-state index contributed by atoms with van der Waals surface area (Å²) in [6, 6.07) is 11.3. The van der Waals surface area contributed by atoms with Gasteiger partial charge in [-0.1, -0.05) is 37.1 Å². The van der Waals surface area contributed by atoms with Crippen LogP contribution in [0, 0.1) is 0 Å². The third kappa shape index (κ3) is 4.72. The molecular weight excluding hydrogens is 348 g/mol. The molecule has 0 heterocycles. The number of carbonyl (C=O) groups excluding carboxylic acids is 1. The fourth-order valence-electron chi connectivity index (χ4n) is 2.21. The predicted molar refractivity (Wildman–Crippen MR) is 97.0 cm³/mol. The molecule has 7 heteroatoms. The molecule has 0 spiro atoms. The summed E-state index contributed by atoms with van der Waals surface area (Å²) in [5, 5.41) is 2.82. The second kappa shape index (κ2) is 7.68. The van der Waals surface area contributed by atoms with E-state index < -0.39 is 10.0 Å². The number of anilines is 2. The van der Waals surface area contributed by atoms with Crippen LogP contribution < -0.4 is 10.0 Å². The summed E-state index contributed by atoms with van der Waals surface area (Å²) in [6.45, 7) is 3.44. The van der Waals surface area contributed by atoms with Crippen LogP contribution in [-0.4, -0.2) is 14.3 Å². The van der Waals surface area contributed by atoms with Crippen molar-refractivity contribution in [1.29, 1.82) is 0 Å². The number of benzene rings is 2. The first-order chi connectivity index (χ1) is 11.3. The van der Waals surface area contributed by atoms with Gasteiger partial charge in [-0.25, -0.2) is 8.42 Å². The van der Waals surface area contributed by atoms with E-state index in [1.807, 2.05) is 12.1 Å². The molecule has 0 aromatic heterocycles. The molecule has 0 aliphatic rings. The Bertz CT molecular complexity index is 833. The highest BCUT2D eigenvalue weighted by atomic mass is 35.5. The number of halogens is 1. The van der Waals surface area contributed by atoms with Crippen molar-refractivity contribution in [3.05, 3.63) is 53.1 Å². The fourth-order valence-corrected chi connectivity index (χ4v) is 3.48. The first-order valence-electron chi connectivity index (χ1n) is 7.50. The lowest BCUT2D eigenvalue weighted by atomic mass is 10.1. The number of carbonyl (C=O) groups is 1. The quantitative estimate of drug-likeness (QED) is 0.809. The summed E-state index contributed by atoms with van der Waals surface area (Å²) in [5.41, 5.74) is 1.85. The molecule has 128 valence electrons. The van der Waals surface area contributed by atoms with Crippen molar-refractivity contribution in [2.45, 2.75) is 31.6 Å². The summed E-state index contributed by atoms with van der Waals surface area (Å²) in [7, 11) is -3.69. The number of nitrogens with one attached hydrogen (secondary N) is 2. The second-order valence-corrected chi connectivity index (χ2v) is 7.46. The van der Waals surface area contributed by atoms with E-state index in [0.717, 1.165) is 18.4 Å². The van der Waals surface area contributed by atoms with Crippen LogP contribution in [0.25, 0.3) is 0 Å². The molecule has 2 rings (SSSR count). The summed E-state index contributed by atoms with van der Waals surface area (Å²) in [5.74, 6) is -0.252. The Kier molecular flexibility index (Phi) is 5.85. The highest BCUT2D eigenvalue weighted by molar-refractivity contribution is 7.92. The molecule has 0 aliphatic heterocycles. The van der Waals surface area contributed by atoms with Gasteiger partial charge in [-0.2, -0.15) is 0 Å². The van der Waals surface area contributed by atoms with Gasteiger partial charge in [0, 0.05) is 6.92 Å². The van der Waals surface area contributed by atoms with Gasteiger partial charge in [0.05, 0.1) is 21.3 Å². The Morgan fingerprint density at radius 2 is 1.79 bits per heavy atom. The van der Waals surface area contributed by atoms with E-state index in [1.165, 1.54) is 13.0 Å². The Balaban J connectivity index is 2.19. The third-order valence-electron chi connectivity index (χ3n) is 3.30. The minimum Gasteiger partial charge on any atom is -0.325 e. The average Bonchev–Trinajstić information content (AvgIpc) is 2.50. The van der Waals surface area contributed by atoms with E-state index in [9.17, 15) is 13.2 Å². The standard InChI is InChI=1S/C17H19ClN2O3S/c1-3-4-13-5-8-15(9-6-13)24(22,23)20-14-7-10-17(16(18)11-14)19-12(2)21/h5-11,20H,3-4H2,1-2H3,(H,19,21). The SMILES string of the molecule is CCCc1ccc(S(=O)(=O)Nc2ccc(NC(C)=O)c(Cl)c2)cc1. The molecule has 0 unspecified atom stereocenters. The van der Waals surface area contributed by atoms with Gasteiger partial charge in [0.2, 0.25) is 5.91 Å². The summed E-state index contributed by atoms with van der Waals surface area (Å²) < 4.78 is 27.3. The molecule has 0 fully saturated rings. The number of aryl methyl sites for hydroxylation is 1. The maximum absolute atomic E-state index is 12.4. The maximum atomic E-state index is 12.4. The van der Waals surface area contributed by atoms with Gasteiger partial charge in [0.25, 0.3) is 10.0 Å². The molecule has 5 nitrogen and oxygen atoms in total. The highest BCUT2D eigenvalue weighted by Gasteiger charge is 2.15. The van der Waals surface area contributed by atoms with E-state index in [0.29, 0.717) is 11.4 Å². The second-order valence-electron chi connectivity index (χ2n) is 5.38. The van der Waals surface area contributed by atoms with E-state index in [2.05, 4.69) is 17.0 Å². The number of hydrogen-bond donors (Lipinski definition) is 2. The third-order valence-corrected chi connectivity index (χ3v) is 5.01. The van der Waals surface area contributed by atoms with Crippen LogP contribution in [0.3, 0.4) is 0 Å². The van der Waals surface area contributed by atoms with Gasteiger partial charge >= 0.3 is 0 Å². The molecule has 0 saturated carbocycles. The van der Waals surface area contributed by atoms with Crippen molar-refractivity contribution >= 4 is 38.9 Å². The molecule has 2 N–H and O–H groups in total. The summed E-state index contributed by atoms with van der Waals surface area (Å²) in [4.78, 5) is 11.2.